The number of hydrogen-bond acceptors (Lipinski definition) is 3. The number of hydrogen-bond donors (Lipinski definition) is 1. The number of carboxylic acids is 1. The fraction of sp³-hybridized carbons (Fsp3) is 0.917. The Morgan fingerprint density at radius 1 is 1.39 bits per heavy atom. The van der Waals surface area contributed by atoms with E-state index in [9.17, 15) is 13.2 Å². The number of carbonyl (C=O) groups is 1. The summed E-state index contributed by atoms with van der Waals surface area (Å²) in [7, 11) is -3.20. The van der Waals surface area contributed by atoms with Gasteiger partial charge in [0.25, 0.3) is 0 Å². The molecule has 0 aromatic carbocycles. The second-order valence-corrected chi connectivity index (χ2v) is 6.90. The van der Waals surface area contributed by atoms with Gasteiger partial charge in [0.2, 0.25) is 10.0 Å². The molecule has 0 bridgehead atoms. The summed E-state index contributed by atoms with van der Waals surface area (Å²) in [6.45, 7) is 2.52. The lowest BCUT2D eigenvalue weighted by Gasteiger charge is -2.34. The largest absolute Gasteiger partial charge is 0.481 e. The molecule has 1 aliphatic heterocycles. The predicted molar refractivity (Wildman–Crippen MR) is 69.9 cm³/mol. The Hall–Kier alpha value is -0.620. The summed E-state index contributed by atoms with van der Waals surface area (Å²) in [5.74, 6) is -0.668. The number of rotatable bonds is 7. The van der Waals surface area contributed by atoms with Gasteiger partial charge in [0.15, 0.2) is 0 Å². The number of unbranched alkanes of at least 4 members (excludes halogenated alkanes) is 1. The molecule has 0 aromatic heterocycles. The molecule has 1 heterocycles. The maximum absolute atomic E-state index is 12.2. The average molecular weight is 277 g/mol. The van der Waals surface area contributed by atoms with Crippen molar-refractivity contribution in [1.82, 2.24) is 4.31 Å². The minimum Gasteiger partial charge on any atom is -0.481 e. The third kappa shape index (κ3) is 4.57. The van der Waals surface area contributed by atoms with E-state index in [0.29, 0.717) is 19.4 Å². The third-order valence-electron chi connectivity index (χ3n) is 3.38. The van der Waals surface area contributed by atoms with E-state index >= 15 is 0 Å². The molecule has 1 atom stereocenters. The maximum Gasteiger partial charge on any atom is 0.303 e. The van der Waals surface area contributed by atoms with Gasteiger partial charge >= 0.3 is 5.97 Å². The molecule has 0 aromatic rings. The van der Waals surface area contributed by atoms with Crippen molar-refractivity contribution in [3.63, 3.8) is 0 Å². The Balaban J connectivity index is 2.66. The molecule has 1 saturated heterocycles. The van der Waals surface area contributed by atoms with Crippen LogP contribution in [0, 0.1) is 0 Å². The zero-order chi connectivity index (χ0) is 13.6. The van der Waals surface area contributed by atoms with E-state index in [4.69, 9.17) is 5.11 Å². The van der Waals surface area contributed by atoms with Crippen LogP contribution in [-0.4, -0.2) is 42.1 Å². The van der Waals surface area contributed by atoms with Crippen molar-refractivity contribution >= 4 is 16.0 Å². The molecule has 1 N–H and O–H groups in total. The van der Waals surface area contributed by atoms with Gasteiger partial charge in [0.1, 0.15) is 0 Å². The van der Waals surface area contributed by atoms with E-state index in [1.54, 1.807) is 4.31 Å². The highest BCUT2D eigenvalue weighted by Crippen LogP contribution is 2.24. The smallest absolute Gasteiger partial charge is 0.303 e. The van der Waals surface area contributed by atoms with Crippen molar-refractivity contribution in [3.8, 4) is 0 Å². The van der Waals surface area contributed by atoms with Crippen LogP contribution in [0.2, 0.25) is 0 Å². The number of carboxylic acid groups (broad SMARTS) is 1. The maximum atomic E-state index is 12.2. The van der Waals surface area contributed by atoms with Gasteiger partial charge in [-0.25, -0.2) is 8.42 Å². The van der Waals surface area contributed by atoms with Crippen molar-refractivity contribution in [3.05, 3.63) is 0 Å². The van der Waals surface area contributed by atoms with Crippen LogP contribution < -0.4 is 0 Å². The summed E-state index contributed by atoms with van der Waals surface area (Å²) in [6.07, 6.45) is 4.67. The average Bonchev–Trinajstić information content (AvgIpc) is 2.34. The molecular weight excluding hydrogens is 254 g/mol. The van der Waals surface area contributed by atoms with Crippen LogP contribution in [-0.2, 0) is 14.8 Å². The van der Waals surface area contributed by atoms with Crippen LogP contribution in [0.1, 0.15) is 51.9 Å². The molecule has 0 saturated carbocycles. The Morgan fingerprint density at radius 3 is 2.72 bits per heavy atom. The van der Waals surface area contributed by atoms with Crippen molar-refractivity contribution in [2.45, 2.75) is 57.9 Å². The summed E-state index contributed by atoms with van der Waals surface area (Å²) >= 11 is 0. The van der Waals surface area contributed by atoms with E-state index < -0.39 is 16.0 Å². The van der Waals surface area contributed by atoms with Gasteiger partial charge in [-0.1, -0.05) is 19.8 Å². The summed E-state index contributed by atoms with van der Waals surface area (Å²) < 4.78 is 25.9. The van der Waals surface area contributed by atoms with Crippen molar-refractivity contribution in [2.75, 3.05) is 12.3 Å². The van der Waals surface area contributed by atoms with Gasteiger partial charge in [-0.15, -0.1) is 0 Å². The van der Waals surface area contributed by atoms with Crippen LogP contribution >= 0.6 is 0 Å². The first kappa shape index (κ1) is 15.4. The Morgan fingerprint density at radius 2 is 2.11 bits per heavy atom. The molecule has 5 nitrogen and oxygen atoms in total. The van der Waals surface area contributed by atoms with E-state index in [-0.39, 0.29) is 18.2 Å². The van der Waals surface area contributed by atoms with E-state index in [1.165, 1.54) is 0 Å². The monoisotopic (exact) mass is 277 g/mol. The van der Waals surface area contributed by atoms with Crippen LogP contribution in [0.25, 0.3) is 0 Å². The Bertz CT molecular complexity index is 366. The highest BCUT2D eigenvalue weighted by atomic mass is 32.2. The van der Waals surface area contributed by atoms with Crippen molar-refractivity contribution in [2.24, 2.45) is 0 Å². The minimum atomic E-state index is -3.20. The van der Waals surface area contributed by atoms with Crippen molar-refractivity contribution in [1.29, 1.82) is 0 Å². The SMILES string of the molecule is CCCCS(=O)(=O)N1CCCCC1CCC(=O)O. The first-order valence-corrected chi connectivity index (χ1v) is 8.29. The topological polar surface area (TPSA) is 74.7 Å². The van der Waals surface area contributed by atoms with Crippen LogP contribution in [0.4, 0.5) is 0 Å². The Kier molecular flexibility index (Phi) is 6.08. The van der Waals surface area contributed by atoms with Crippen LogP contribution in [0.15, 0.2) is 0 Å². The molecular formula is C12H23NO4S. The first-order chi connectivity index (χ1) is 8.47. The van der Waals surface area contributed by atoms with Crippen LogP contribution in [0.3, 0.4) is 0 Å². The third-order valence-corrected chi connectivity index (χ3v) is 5.38. The molecule has 6 heteroatoms. The molecule has 1 rings (SSSR count). The first-order valence-electron chi connectivity index (χ1n) is 6.68. The number of sulfonamides is 1. The molecule has 0 radical (unpaired) electrons. The van der Waals surface area contributed by atoms with Gasteiger partial charge in [-0.2, -0.15) is 4.31 Å². The fourth-order valence-electron chi connectivity index (χ4n) is 2.36. The molecule has 0 spiro atoms. The lowest BCUT2D eigenvalue weighted by atomic mass is 10.0. The Labute approximate surface area is 109 Å². The van der Waals surface area contributed by atoms with E-state index in [2.05, 4.69) is 0 Å². The summed E-state index contributed by atoms with van der Waals surface area (Å²) in [5.41, 5.74) is 0. The molecule has 0 aliphatic carbocycles. The van der Waals surface area contributed by atoms with E-state index in [1.807, 2.05) is 6.92 Å². The van der Waals surface area contributed by atoms with Gasteiger partial charge in [-0.05, 0) is 25.7 Å². The zero-order valence-corrected chi connectivity index (χ0v) is 11.8. The minimum absolute atomic E-state index is 0.0461. The standard InChI is InChI=1S/C12H23NO4S/c1-2-3-10-18(16,17)13-9-5-4-6-11(13)7-8-12(14)15/h11H,2-10H2,1H3,(H,14,15). The normalized spacial score (nSPS) is 21.9. The second-order valence-electron chi connectivity index (χ2n) is 4.86. The number of piperidine rings is 1. The highest BCUT2D eigenvalue weighted by Gasteiger charge is 2.31. The molecule has 18 heavy (non-hydrogen) atoms. The predicted octanol–water partition coefficient (Wildman–Crippen LogP) is 1.84. The van der Waals surface area contributed by atoms with E-state index in [0.717, 1.165) is 25.7 Å². The molecule has 0 amide bonds. The number of aliphatic carboxylic acids is 1. The van der Waals surface area contributed by atoms with Crippen LogP contribution in [0.5, 0.6) is 0 Å². The lowest BCUT2D eigenvalue weighted by molar-refractivity contribution is -0.137. The van der Waals surface area contributed by atoms with Gasteiger partial charge in [0.05, 0.1) is 5.75 Å². The quantitative estimate of drug-likeness (QED) is 0.770. The highest BCUT2D eigenvalue weighted by molar-refractivity contribution is 7.89. The lowest BCUT2D eigenvalue weighted by Crippen LogP contribution is -2.44. The molecule has 106 valence electrons. The fourth-order valence-corrected chi connectivity index (χ4v) is 4.32. The zero-order valence-electron chi connectivity index (χ0n) is 11.0. The summed E-state index contributed by atoms with van der Waals surface area (Å²) in [5, 5.41) is 8.71. The number of nitrogens with zero attached hydrogens (tertiary/aromatic N) is 1. The molecule has 1 fully saturated rings. The second kappa shape index (κ2) is 7.09. The molecule has 1 aliphatic rings. The van der Waals surface area contributed by atoms with Crippen molar-refractivity contribution < 1.29 is 18.3 Å². The van der Waals surface area contributed by atoms with Gasteiger partial charge < -0.3 is 5.11 Å². The van der Waals surface area contributed by atoms with Gasteiger partial charge in [0, 0.05) is 19.0 Å². The summed E-state index contributed by atoms with van der Waals surface area (Å²) in [6, 6.07) is -0.114. The van der Waals surface area contributed by atoms with Gasteiger partial charge in [-0.3, -0.25) is 4.79 Å². The molecule has 1 unspecified atom stereocenters. The summed E-state index contributed by atoms with van der Waals surface area (Å²) in [4.78, 5) is 10.6.